The van der Waals surface area contributed by atoms with Crippen LogP contribution in [0.3, 0.4) is 0 Å². The quantitative estimate of drug-likeness (QED) is 0.432. The summed E-state index contributed by atoms with van der Waals surface area (Å²) < 4.78 is 28.3. The summed E-state index contributed by atoms with van der Waals surface area (Å²) in [5.41, 5.74) is -3.51. The van der Waals surface area contributed by atoms with Gasteiger partial charge in [-0.15, -0.1) is 0 Å². The summed E-state index contributed by atoms with van der Waals surface area (Å²) in [5.74, 6) is -2.38. The molecule has 1 rings (SSSR count). The first-order valence-electron chi connectivity index (χ1n) is 11.5. The van der Waals surface area contributed by atoms with Crippen LogP contribution in [0.2, 0.25) is 0 Å². The predicted molar refractivity (Wildman–Crippen MR) is 123 cm³/mol. The zero-order valence-corrected chi connectivity index (χ0v) is 22.7. The van der Waals surface area contributed by atoms with Crippen molar-refractivity contribution in [2.75, 3.05) is 6.61 Å². The minimum atomic E-state index is -1.36. The molecule has 0 bridgehead atoms. The lowest BCUT2D eigenvalue weighted by Gasteiger charge is -2.42. The summed E-state index contributed by atoms with van der Waals surface area (Å²) in [6.45, 7) is 19.8. The zero-order chi connectivity index (χ0) is 26.9. The molecule has 1 heterocycles. The lowest BCUT2D eigenvalue weighted by atomic mass is 9.94. The van der Waals surface area contributed by atoms with Crippen LogP contribution in [0.5, 0.6) is 0 Å². The molecule has 0 aliphatic carbocycles. The van der Waals surface area contributed by atoms with Crippen LogP contribution in [0, 0.1) is 21.7 Å². The summed E-state index contributed by atoms with van der Waals surface area (Å²) in [6, 6.07) is 0. The molecule has 34 heavy (non-hydrogen) atoms. The van der Waals surface area contributed by atoms with Crippen LogP contribution < -0.4 is 0 Å². The van der Waals surface area contributed by atoms with Gasteiger partial charge in [0.1, 0.15) is 0 Å². The Balaban J connectivity index is 3.45. The molecular formula is C25H42O9. The van der Waals surface area contributed by atoms with Gasteiger partial charge in [0, 0.05) is 0 Å². The van der Waals surface area contributed by atoms with E-state index in [-0.39, 0.29) is 6.61 Å². The number of rotatable bonds is 4. The Hall–Kier alpha value is -2.16. The third-order valence-electron chi connectivity index (χ3n) is 4.80. The van der Waals surface area contributed by atoms with Crippen molar-refractivity contribution in [3.8, 4) is 0 Å². The average Bonchev–Trinajstić information content (AvgIpc) is 2.62. The highest BCUT2D eigenvalue weighted by molar-refractivity contribution is 5.78. The summed E-state index contributed by atoms with van der Waals surface area (Å²) in [7, 11) is 0. The van der Waals surface area contributed by atoms with Gasteiger partial charge in [-0.3, -0.25) is 19.2 Å². The summed E-state index contributed by atoms with van der Waals surface area (Å²) in [5, 5.41) is 0. The molecule has 0 N–H and O–H groups in total. The predicted octanol–water partition coefficient (Wildman–Crippen LogP) is 3.81. The van der Waals surface area contributed by atoms with Crippen LogP contribution in [0.25, 0.3) is 0 Å². The minimum Gasteiger partial charge on any atom is -0.455 e. The van der Waals surface area contributed by atoms with E-state index in [2.05, 4.69) is 0 Å². The molecule has 0 aromatic rings. The van der Waals surface area contributed by atoms with Gasteiger partial charge < -0.3 is 23.7 Å². The van der Waals surface area contributed by atoms with Crippen molar-refractivity contribution in [3.63, 3.8) is 0 Å². The maximum Gasteiger partial charge on any atom is 0.313 e. The molecule has 1 fully saturated rings. The topological polar surface area (TPSA) is 114 Å². The number of esters is 4. The number of carbonyl (C=O) groups is 4. The largest absolute Gasteiger partial charge is 0.455 e. The van der Waals surface area contributed by atoms with Crippen molar-refractivity contribution in [2.45, 2.75) is 108 Å². The van der Waals surface area contributed by atoms with E-state index < -0.39 is 70.1 Å². The molecule has 196 valence electrons. The molecular weight excluding hydrogens is 444 g/mol. The lowest BCUT2D eigenvalue weighted by Crippen LogP contribution is -2.60. The van der Waals surface area contributed by atoms with Crippen LogP contribution in [-0.4, -0.2) is 55.1 Å². The SMILES string of the molecule is CC(C)(C)C(=O)O[C@@H]1OC[C@@H](OC(=O)C(C)(C)C)[C@H](OC(=O)C(C)(C)C)[C@H]1OC(=O)C(C)(C)C. The number of ether oxygens (including phenoxy) is 5. The van der Waals surface area contributed by atoms with Gasteiger partial charge >= 0.3 is 23.9 Å². The van der Waals surface area contributed by atoms with Gasteiger partial charge in [-0.05, 0) is 83.1 Å². The Morgan fingerprint density at radius 2 is 0.853 bits per heavy atom. The van der Waals surface area contributed by atoms with E-state index in [1.807, 2.05) is 0 Å². The first kappa shape index (κ1) is 29.9. The Bertz CT molecular complexity index is 706. The highest BCUT2D eigenvalue weighted by Gasteiger charge is 2.52. The fraction of sp³-hybridized carbons (Fsp3) is 0.840. The second-order valence-corrected chi connectivity index (χ2v) is 12.8. The molecule has 0 spiro atoms. The molecule has 1 aliphatic rings. The van der Waals surface area contributed by atoms with Crippen molar-refractivity contribution in [1.82, 2.24) is 0 Å². The monoisotopic (exact) mass is 486 g/mol. The third-order valence-corrected chi connectivity index (χ3v) is 4.80. The number of carbonyl (C=O) groups excluding carboxylic acids is 4. The normalized spacial score (nSPS) is 24.1. The van der Waals surface area contributed by atoms with Gasteiger partial charge in [-0.2, -0.15) is 0 Å². The fourth-order valence-electron chi connectivity index (χ4n) is 2.41. The van der Waals surface area contributed by atoms with Gasteiger partial charge in [0.2, 0.25) is 12.4 Å². The number of hydrogen-bond acceptors (Lipinski definition) is 9. The van der Waals surface area contributed by atoms with E-state index in [0.29, 0.717) is 0 Å². The van der Waals surface area contributed by atoms with Crippen LogP contribution in [0.15, 0.2) is 0 Å². The Morgan fingerprint density at radius 3 is 1.24 bits per heavy atom. The van der Waals surface area contributed by atoms with Crippen LogP contribution in [-0.2, 0) is 42.9 Å². The molecule has 1 aliphatic heterocycles. The van der Waals surface area contributed by atoms with Crippen molar-refractivity contribution in [3.05, 3.63) is 0 Å². The van der Waals surface area contributed by atoms with Crippen molar-refractivity contribution in [2.24, 2.45) is 21.7 Å². The summed E-state index contributed by atoms with van der Waals surface area (Å²) >= 11 is 0. The van der Waals surface area contributed by atoms with Crippen molar-refractivity contribution in [1.29, 1.82) is 0 Å². The molecule has 0 unspecified atom stereocenters. The van der Waals surface area contributed by atoms with Gasteiger partial charge in [0.05, 0.1) is 28.3 Å². The highest BCUT2D eigenvalue weighted by atomic mass is 16.7. The minimum absolute atomic E-state index is 0.227. The maximum atomic E-state index is 12.8. The third kappa shape index (κ3) is 8.25. The molecule has 9 nitrogen and oxygen atoms in total. The molecule has 0 saturated carbocycles. The molecule has 0 aromatic heterocycles. The molecule has 1 saturated heterocycles. The first-order chi connectivity index (χ1) is 15.0. The highest BCUT2D eigenvalue weighted by Crippen LogP contribution is 2.32. The van der Waals surface area contributed by atoms with E-state index in [1.54, 1.807) is 83.1 Å². The van der Waals surface area contributed by atoms with Gasteiger partial charge in [-0.25, -0.2) is 0 Å². The van der Waals surface area contributed by atoms with Crippen LogP contribution >= 0.6 is 0 Å². The molecule has 0 amide bonds. The summed E-state index contributed by atoms with van der Waals surface area (Å²) in [6.07, 6.45) is -5.05. The van der Waals surface area contributed by atoms with E-state index in [9.17, 15) is 19.2 Å². The molecule has 9 heteroatoms. The smallest absolute Gasteiger partial charge is 0.313 e. The molecule has 4 atom stereocenters. The number of hydrogen-bond donors (Lipinski definition) is 0. The summed E-state index contributed by atoms with van der Waals surface area (Å²) in [4.78, 5) is 50.9. The van der Waals surface area contributed by atoms with E-state index >= 15 is 0 Å². The van der Waals surface area contributed by atoms with E-state index in [4.69, 9.17) is 23.7 Å². The fourth-order valence-corrected chi connectivity index (χ4v) is 2.41. The van der Waals surface area contributed by atoms with Gasteiger partial charge in [-0.1, -0.05) is 0 Å². The van der Waals surface area contributed by atoms with Crippen LogP contribution in [0.1, 0.15) is 83.1 Å². The van der Waals surface area contributed by atoms with E-state index in [1.165, 1.54) is 0 Å². The second kappa shape index (κ2) is 10.2. The van der Waals surface area contributed by atoms with E-state index in [0.717, 1.165) is 0 Å². The molecule has 0 radical (unpaired) electrons. The second-order valence-electron chi connectivity index (χ2n) is 12.8. The Labute approximate surface area is 203 Å². The first-order valence-corrected chi connectivity index (χ1v) is 11.5. The lowest BCUT2D eigenvalue weighted by molar-refractivity contribution is -0.281. The van der Waals surface area contributed by atoms with Crippen molar-refractivity contribution >= 4 is 23.9 Å². The average molecular weight is 487 g/mol. The standard InChI is InChI=1S/C25H42O9/c1-22(2,3)18(26)31-14-13-30-17(34-21(29)25(10,11)12)16(33-20(28)24(7,8)9)15(14)32-19(27)23(4,5)6/h14-17H,13H2,1-12H3/t14-,15+,16-,17+/m1/s1. The van der Waals surface area contributed by atoms with Crippen molar-refractivity contribution < 1.29 is 42.9 Å². The molecule has 0 aromatic carbocycles. The van der Waals surface area contributed by atoms with Crippen LogP contribution in [0.4, 0.5) is 0 Å². The Morgan fingerprint density at radius 1 is 0.529 bits per heavy atom. The van der Waals surface area contributed by atoms with Gasteiger partial charge in [0.15, 0.2) is 12.2 Å². The Kier molecular flexibility index (Phi) is 8.98. The maximum absolute atomic E-state index is 12.8. The zero-order valence-electron chi connectivity index (χ0n) is 22.7. The van der Waals surface area contributed by atoms with Gasteiger partial charge in [0.25, 0.3) is 0 Å².